The van der Waals surface area contributed by atoms with Crippen LogP contribution in [-0.4, -0.2) is 46.2 Å². The largest absolute Gasteiger partial charge is 0.481 e. The number of piperidine rings is 1. The van der Waals surface area contributed by atoms with E-state index in [1.807, 2.05) is 42.5 Å². The van der Waals surface area contributed by atoms with Crippen LogP contribution in [-0.2, 0) is 29.2 Å². The monoisotopic (exact) mass is 381 g/mol. The summed E-state index contributed by atoms with van der Waals surface area (Å²) in [7, 11) is 0. The number of aliphatic hydroxyl groups is 1. The summed E-state index contributed by atoms with van der Waals surface area (Å²) in [5.41, 5.74) is 2.04. The number of β-amino-alcohol motifs (C(OH)–C–C–N with tert-alkyl or cyclic N) is 1. The van der Waals surface area contributed by atoms with Crippen molar-refractivity contribution in [1.29, 1.82) is 0 Å². The molecule has 6 nitrogen and oxygen atoms in total. The van der Waals surface area contributed by atoms with Gasteiger partial charge in [-0.25, -0.2) is 0 Å². The number of aliphatic carboxylic acids is 1. The van der Waals surface area contributed by atoms with Gasteiger partial charge in [0.2, 0.25) is 0 Å². The quantitative estimate of drug-likeness (QED) is 0.848. The number of benzene rings is 2. The third kappa shape index (κ3) is 3.19. The standard InChI is InChI=1S/C22H23NO5/c24-19-12-23(20(25)17-8-4-7-16-13-28-14-18(16)17)10-9-22(19,21(26)27)11-15-5-2-1-3-6-15/h1-8,19,24H,9-14H2,(H,26,27)/t19-,22-/m1/s1. The van der Waals surface area contributed by atoms with Crippen molar-refractivity contribution >= 4 is 11.9 Å². The SMILES string of the molecule is O=C(c1cccc2c1COC2)N1CC[C@](Cc2ccccc2)(C(=O)O)[C@H](O)C1. The van der Waals surface area contributed by atoms with E-state index in [1.165, 1.54) is 0 Å². The molecule has 6 heteroatoms. The summed E-state index contributed by atoms with van der Waals surface area (Å²) in [6.45, 7) is 1.20. The van der Waals surface area contributed by atoms with E-state index in [4.69, 9.17) is 4.74 Å². The Kier molecular flexibility index (Phi) is 4.91. The fraction of sp³-hybridized carbons (Fsp3) is 0.364. The Labute approximate surface area is 163 Å². The van der Waals surface area contributed by atoms with E-state index in [2.05, 4.69) is 0 Å². The molecule has 2 N–H and O–H groups in total. The van der Waals surface area contributed by atoms with E-state index in [1.54, 1.807) is 11.0 Å². The number of likely N-dealkylation sites (tertiary alicyclic amines) is 1. The highest BCUT2D eigenvalue weighted by Gasteiger charge is 2.49. The van der Waals surface area contributed by atoms with Crippen molar-refractivity contribution in [3.05, 3.63) is 70.8 Å². The molecule has 0 aliphatic carbocycles. The second kappa shape index (κ2) is 7.37. The Morgan fingerprint density at radius 3 is 2.61 bits per heavy atom. The van der Waals surface area contributed by atoms with Crippen LogP contribution < -0.4 is 0 Å². The van der Waals surface area contributed by atoms with Crippen LogP contribution in [0.2, 0.25) is 0 Å². The van der Waals surface area contributed by atoms with Crippen LogP contribution >= 0.6 is 0 Å². The van der Waals surface area contributed by atoms with Crippen LogP contribution in [0.1, 0.15) is 33.5 Å². The van der Waals surface area contributed by atoms with Crippen LogP contribution in [0.3, 0.4) is 0 Å². The van der Waals surface area contributed by atoms with Gasteiger partial charge in [-0.15, -0.1) is 0 Å². The van der Waals surface area contributed by atoms with Crippen molar-refractivity contribution in [3.8, 4) is 0 Å². The molecule has 2 atom stereocenters. The summed E-state index contributed by atoms with van der Waals surface area (Å²) in [6.07, 6.45) is -0.702. The lowest BCUT2D eigenvalue weighted by Gasteiger charge is -2.43. The van der Waals surface area contributed by atoms with Gasteiger partial charge in [-0.05, 0) is 35.6 Å². The molecule has 146 valence electrons. The number of nitrogens with zero attached hydrogens (tertiary/aromatic N) is 1. The molecule has 1 amide bonds. The molecule has 0 saturated carbocycles. The summed E-state index contributed by atoms with van der Waals surface area (Å²) in [4.78, 5) is 26.7. The van der Waals surface area contributed by atoms with Gasteiger partial charge in [0.05, 0.1) is 19.3 Å². The molecule has 2 heterocycles. The first-order chi connectivity index (χ1) is 13.5. The van der Waals surface area contributed by atoms with Gasteiger partial charge in [0.1, 0.15) is 5.41 Å². The Bertz CT molecular complexity index is 897. The fourth-order valence-corrected chi connectivity index (χ4v) is 4.23. The summed E-state index contributed by atoms with van der Waals surface area (Å²) in [6, 6.07) is 14.9. The Morgan fingerprint density at radius 1 is 1.11 bits per heavy atom. The highest BCUT2D eigenvalue weighted by Crippen LogP contribution is 2.37. The van der Waals surface area contributed by atoms with Crippen molar-refractivity contribution in [1.82, 2.24) is 4.90 Å². The van der Waals surface area contributed by atoms with Crippen molar-refractivity contribution in [3.63, 3.8) is 0 Å². The number of aliphatic hydroxyl groups excluding tert-OH is 1. The topological polar surface area (TPSA) is 87.1 Å². The average molecular weight is 381 g/mol. The minimum atomic E-state index is -1.29. The molecule has 2 aromatic carbocycles. The molecule has 2 aliphatic heterocycles. The molecular weight excluding hydrogens is 358 g/mol. The van der Waals surface area contributed by atoms with Crippen LogP contribution in [0.5, 0.6) is 0 Å². The zero-order valence-corrected chi connectivity index (χ0v) is 15.5. The molecule has 0 bridgehead atoms. The fourth-order valence-electron chi connectivity index (χ4n) is 4.23. The molecule has 0 radical (unpaired) electrons. The van der Waals surface area contributed by atoms with Gasteiger partial charge in [-0.1, -0.05) is 42.5 Å². The predicted molar refractivity (Wildman–Crippen MR) is 102 cm³/mol. The van der Waals surface area contributed by atoms with Gasteiger partial charge in [0.25, 0.3) is 5.91 Å². The van der Waals surface area contributed by atoms with E-state index in [-0.39, 0.29) is 25.3 Å². The van der Waals surface area contributed by atoms with Crippen molar-refractivity contribution in [2.24, 2.45) is 5.41 Å². The molecule has 28 heavy (non-hydrogen) atoms. The maximum Gasteiger partial charge on any atom is 0.312 e. The molecule has 1 saturated heterocycles. The van der Waals surface area contributed by atoms with E-state index in [0.717, 1.165) is 16.7 Å². The van der Waals surface area contributed by atoms with E-state index in [0.29, 0.717) is 25.3 Å². The lowest BCUT2D eigenvalue weighted by atomic mass is 9.71. The first kappa shape index (κ1) is 18.7. The molecule has 0 unspecified atom stereocenters. The molecule has 2 aliphatic rings. The van der Waals surface area contributed by atoms with E-state index >= 15 is 0 Å². The number of carbonyl (C=O) groups is 2. The third-order valence-electron chi connectivity index (χ3n) is 5.94. The number of fused-ring (bicyclic) bond motifs is 1. The van der Waals surface area contributed by atoms with Crippen molar-refractivity contribution in [2.75, 3.05) is 13.1 Å². The number of rotatable bonds is 4. The van der Waals surface area contributed by atoms with E-state index in [9.17, 15) is 19.8 Å². The van der Waals surface area contributed by atoms with Gasteiger partial charge in [-0.3, -0.25) is 9.59 Å². The molecule has 0 aromatic heterocycles. The maximum atomic E-state index is 13.1. The normalized spacial score (nSPS) is 24.0. The van der Waals surface area contributed by atoms with Crippen LogP contribution in [0.4, 0.5) is 0 Å². The summed E-state index contributed by atoms with van der Waals surface area (Å²) in [5, 5.41) is 20.7. The number of ether oxygens (including phenoxy) is 1. The first-order valence-electron chi connectivity index (χ1n) is 9.44. The number of amides is 1. The third-order valence-corrected chi connectivity index (χ3v) is 5.94. The van der Waals surface area contributed by atoms with E-state index < -0.39 is 17.5 Å². The van der Waals surface area contributed by atoms with Crippen LogP contribution in [0, 0.1) is 5.41 Å². The minimum absolute atomic E-state index is 0.00247. The lowest BCUT2D eigenvalue weighted by Crippen LogP contribution is -2.57. The number of carboxylic acid groups (broad SMARTS) is 1. The number of carboxylic acids is 1. The van der Waals surface area contributed by atoms with Gasteiger partial charge in [0.15, 0.2) is 0 Å². The van der Waals surface area contributed by atoms with Crippen LogP contribution in [0.15, 0.2) is 48.5 Å². The number of hydrogen-bond donors (Lipinski definition) is 2. The zero-order chi connectivity index (χ0) is 19.7. The molecular formula is C22H23NO5. The molecule has 2 aromatic rings. The highest BCUT2D eigenvalue weighted by atomic mass is 16.5. The Hall–Kier alpha value is -2.70. The van der Waals surface area contributed by atoms with Crippen LogP contribution in [0.25, 0.3) is 0 Å². The zero-order valence-electron chi connectivity index (χ0n) is 15.5. The highest BCUT2D eigenvalue weighted by molar-refractivity contribution is 5.96. The average Bonchev–Trinajstić information content (AvgIpc) is 3.18. The summed E-state index contributed by atoms with van der Waals surface area (Å²) >= 11 is 0. The first-order valence-corrected chi connectivity index (χ1v) is 9.44. The van der Waals surface area contributed by atoms with Gasteiger partial charge in [0, 0.05) is 18.7 Å². The van der Waals surface area contributed by atoms with Crippen molar-refractivity contribution in [2.45, 2.75) is 32.2 Å². The lowest BCUT2D eigenvalue weighted by molar-refractivity contribution is -0.161. The van der Waals surface area contributed by atoms with Gasteiger partial charge in [-0.2, -0.15) is 0 Å². The number of hydrogen-bond acceptors (Lipinski definition) is 4. The predicted octanol–water partition coefficient (Wildman–Crippen LogP) is 2.24. The second-order valence-electron chi connectivity index (χ2n) is 7.58. The number of carbonyl (C=O) groups excluding carboxylic acids is 1. The van der Waals surface area contributed by atoms with Gasteiger partial charge >= 0.3 is 5.97 Å². The second-order valence-corrected chi connectivity index (χ2v) is 7.58. The van der Waals surface area contributed by atoms with Crippen molar-refractivity contribution < 1.29 is 24.5 Å². The summed E-state index contributed by atoms with van der Waals surface area (Å²) in [5.74, 6) is -1.20. The molecule has 4 rings (SSSR count). The minimum Gasteiger partial charge on any atom is -0.481 e. The molecule has 1 fully saturated rings. The Balaban J connectivity index is 1.55. The Morgan fingerprint density at radius 2 is 1.89 bits per heavy atom. The van der Waals surface area contributed by atoms with Gasteiger partial charge < -0.3 is 19.8 Å². The smallest absolute Gasteiger partial charge is 0.312 e. The molecule has 0 spiro atoms. The summed E-state index contributed by atoms with van der Waals surface area (Å²) < 4.78 is 5.45. The maximum absolute atomic E-state index is 13.1.